The van der Waals surface area contributed by atoms with Crippen molar-refractivity contribution in [2.24, 2.45) is 5.14 Å². The maximum Gasteiger partial charge on any atom is 0.238 e. The number of aromatic nitrogens is 1. The van der Waals surface area contributed by atoms with Crippen LogP contribution >= 0.6 is 24.8 Å². The van der Waals surface area contributed by atoms with Gasteiger partial charge < -0.3 is 0 Å². The second-order valence-electron chi connectivity index (χ2n) is 3.29. The number of benzene rings is 1. The molecule has 0 aliphatic rings. The second-order valence-corrected chi connectivity index (χ2v) is 4.85. The number of nitrogens with zero attached hydrogens (tertiary/aromatic N) is 1. The molecule has 4 nitrogen and oxygen atoms in total. The lowest BCUT2D eigenvalue weighted by molar-refractivity contribution is 0.598. The molecule has 0 unspecified atom stereocenters. The largest absolute Gasteiger partial charge is 0.256 e. The number of sulfonamides is 1. The van der Waals surface area contributed by atoms with Gasteiger partial charge in [0.05, 0.1) is 10.6 Å². The van der Waals surface area contributed by atoms with Gasteiger partial charge in [-0.2, -0.15) is 0 Å². The van der Waals surface area contributed by atoms with Crippen molar-refractivity contribution < 1.29 is 8.42 Å². The first-order valence-electron chi connectivity index (χ1n) is 4.62. The third-order valence-corrected chi connectivity index (χ3v) is 3.03. The van der Waals surface area contributed by atoms with Crippen LogP contribution < -0.4 is 5.14 Å². The van der Waals surface area contributed by atoms with Gasteiger partial charge in [-0.1, -0.05) is 18.2 Å². The van der Waals surface area contributed by atoms with Gasteiger partial charge in [-0.25, -0.2) is 13.6 Å². The summed E-state index contributed by atoms with van der Waals surface area (Å²) in [5.74, 6) is 0. The van der Waals surface area contributed by atoms with Gasteiger partial charge in [0.1, 0.15) is 0 Å². The van der Waals surface area contributed by atoms with Crippen molar-refractivity contribution in [3.63, 3.8) is 0 Å². The summed E-state index contributed by atoms with van der Waals surface area (Å²) in [6, 6.07) is 11.8. The monoisotopic (exact) mass is 306 g/mol. The number of hydrogen-bond acceptors (Lipinski definition) is 3. The van der Waals surface area contributed by atoms with Crippen molar-refractivity contribution in [3.05, 3.63) is 48.7 Å². The van der Waals surface area contributed by atoms with E-state index in [2.05, 4.69) is 4.98 Å². The Bertz CT molecular complexity index is 603. The van der Waals surface area contributed by atoms with Crippen LogP contribution in [0.1, 0.15) is 0 Å². The van der Waals surface area contributed by atoms with Crippen molar-refractivity contribution in [1.82, 2.24) is 4.98 Å². The quantitative estimate of drug-likeness (QED) is 0.924. The fourth-order valence-electron chi connectivity index (χ4n) is 1.37. The Hall–Kier alpha value is -1.14. The van der Waals surface area contributed by atoms with Crippen molar-refractivity contribution in [3.8, 4) is 11.3 Å². The molecule has 0 bridgehead atoms. The van der Waals surface area contributed by atoms with Crippen LogP contribution in [0.5, 0.6) is 0 Å². The van der Waals surface area contributed by atoms with Crippen molar-refractivity contribution >= 4 is 34.8 Å². The number of hydrogen-bond donors (Lipinski definition) is 1. The Morgan fingerprint density at radius 3 is 2.28 bits per heavy atom. The minimum atomic E-state index is -3.66. The van der Waals surface area contributed by atoms with E-state index in [0.29, 0.717) is 5.69 Å². The standard InChI is InChI=1S/C11H10N2O2S.2ClH/c12-16(14,15)10-5-3-4-9(8-10)11-6-1-2-7-13-11;;/h1-8H,(H2,12,14,15);2*1H. The van der Waals surface area contributed by atoms with Crippen molar-refractivity contribution in [2.45, 2.75) is 4.90 Å². The molecule has 1 aromatic carbocycles. The first-order valence-corrected chi connectivity index (χ1v) is 6.16. The summed E-state index contributed by atoms with van der Waals surface area (Å²) >= 11 is 0. The summed E-state index contributed by atoms with van der Waals surface area (Å²) in [7, 11) is -3.66. The van der Waals surface area contributed by atoms with Crippen molar-refractivity contribution in [2.75, 3.05) is 0 Å². The van der Waals surface area contributed by atoms with Crippen LogP contribution in [0.15, 0.2) is 53.6 Å². The molecule has 7 heteroatoms. The van der Waals surface area contributed by atoms with Gasteiger partial charge in [0.2, 0.25) is 10.0 Å². The highest BCUT2D eigenvalue weighted by Gasteiger charge is 2.08. The fourth-order valence-corrected chi connectivity index (χ4v) is 1.93. The zero-order valence-corrected chi connectivity index (χ0v) is 11.6. The summed E-state index contributed by atoms with van der Waals surface area (Å²) in [5.41, 5.74) is 1.44. The highest BCUT2D eigenvalue weighted by molar-refractivity contribution is 7.89. The molecule has 0 amide bonds. The SMILES string of the molecule is Cl.Cl.NS(=O)(=O)c1cccc(-c2ccccn2)c1. The Balaban J connectivity index is 0.00000144. The summed E-state index contributed by atoms with van der Waals surface area (Å²) < 4.78 is 22.3. The minimum absolute atomic E-state index is 0. The van der Waals surface area contributed by atoms with Crippen molar-refractivity contribution in [1.29, 1.82) is 0 Å². The Morgan fingerprint density at radius 2 is 1.72 bits per heavy atom. The number of pyridine rings is 1. The van der Waals surface area contributed by atoms with Crippen LogP contribution in [0.4, 0.5) is 0 Å². The molecule has 0 saturated carbocycles. The first-order chi connectivity index (χ1) is 7.57. The van der Waals surface area contributed by atoms with Crippen LogP contribution in [0.25, 0.3) is 11.3 Å². The average Bonchev–Trinajstić information content (AvgIpc) is 2.29. The van der Waals surface area contributed by atoms with E-state index in [1.54, 1.807) is 24.4 Å². The van der Waals surface area contributed by atoms with Gasteiger partial charge in [0.25, 0.3) is 0 Å². The van der Waals surface area contributed by atoms with E-state index in [4.69, 9.17) is 5.14 Å². The van der Waals surface area contributed by atoms with E-state index in [-0.39, 0.29) is 29.7 Å². The fraction of sp³-hybridized carbons (Fsp3) is 0. The highest BCUT2D eigenvalue weighted by Crippen LogP contribution is 2.19. The van der Waals surface area contributed by atoms with Crippen LogP contribution in [-0.2, 0) is 10.0 Å². The molecule has 2 N–H and O–H groups in total. The molecule has 0 aliphatic heterocycles. The Labute approximate surface area is 118 Å². The number of rotatable bonds is 2. The van der Waals surface area contributed by atoms with E-state index >= 15 is 0 Å². The van der Waals surface area contributed by atoms with E-state index in [1.165, 1.54) is 12.1 Å². The lowest BCUT2D eigenvalue weighted by Gasteiger charge is -2.02. The summed E-state index contributed by atoms with van der Waals surface area (Å²) in [6.07, 6.45) is 1.65. The average molecular weight is 307 g/mol. The van der Waals surface area contributed by atoms with Gasteiger partial charge >= 0.3 is 0 Å². The molecule has 0 radical (unpaired) electrons. The van der Waals surface area contributed by atoms with Gasteiger partial charge in [-0.05, 0) is 24.3 Å². The molecular weight excluding hydrogens is 295 g/mol. The molecule has 1 aromatic heterocycles. The topological polar surface area (TPSA) is 73.1 Å². The second kappa shape index (κ2) is 6.70. The lowest BCUT2D eigenvalue weighted by Crippen LogP contribution is -2.11. The molecule has 0 saturated heterocycles. The maximum atomic E-state index is 11.2. The predicted molar refractivity (Wildman–Crippen MR) is 75.5 cm³/mol. The minimum Gasteiger partial charge on any atom is -0.256 e. The number of nitrogens with two attached hydrogens (primary N) is 1. The molecule has 2 aromatic rings. The molecule has 18 heavy (non-hydrogen) atoms. The molecule has 98 valence electrons. The smallest absolute Gasteiger partial charge is 0.238 e. The Morgan fingerprint density at radius 1 is 1.00 bits per heavy atom. The molecule has 0 spiro atoms. The molecule has 0 aliphatic carbocycles. The van der Waals surface area contributed by atoms with E-state index in [9.17, 15) is 8.42 Å². The zero-order valence-electron chi connectivity index (χ0n) is 9.18. The molecule has 1 heterocycles. The number of primary sulfonamides is 1. The Kier molecular flexibility index (Phi) is 6.28. The molecule has 0 fully saturated rings. The maximum absolute atomic E-state index is 11.2. The van der Waals surface area contributed by atoms with Gasteiger partial charge in [-0.15, -0.1) is 24.8 Å². The van der Waals surface area contributed by atoms with Crippen LogP contribution in [0.3, 0.4) is 0 Å². The van der Waals surface area contributed by atoms with E-state index < -0.39 is 10.0 Å². The normalized spacial score (nSPS) is 10.1. The van der Waals surface area contributed by atoms with Crippen LogP contribution in [0.2, 0.25) is 0 Å². The summed E-state index contributed by atoms with van der Waals surface area (Å²) in [4.78, 5) is 4.23. The van der Waals surface area contributed by atoms with Crippen LogP contribution in [-0.4, -0.2) is 13.4 Å². The van der Waals surface area contributed by atoms with Crippen LogP contribution in [0, 0.1) is 0 Å². The van der Waals surface area contributed by atoms with Gasteiger partial charge in [0, 0.05) is 11.8 Å². The molecule has 2 rings (SSSR count). The third kappa shape index (κ3) is 3.96. The predicted octanol–water partition coefficient (Wildman–Crippen LogP) is 2.24. The number of halogens is 2. The zero-order chi connectivity index (χ0) is 11.6. The van der Waals surface area contributed by atoms with Gasteiger partial charge in [0.15, 0.2) is 0 Å². The molecular formula is C11H12Cl2N2O2S. The molecule has 0 atom stereocenters. The third-order valence-electron chi connectivity index (χ3n) is 2.12. The highest BCUT2D eigenvalue weighted by atomic mass is 35.5. The van der Waals surface area contributed by atoms with Gasteiger partial charge in [-0.3, -0.25) is 4.98 Å². The first kappa shape index (κ1) is 16.9. The van der Waals surface area contributed by atoms with E-state index in [1.807, 2.05) is 12.1 Å². The lowest BCUT2D eigenvalue weighted by atomic mass is 10.1. The summed E-state index contributed by atoms with van der Waals surface area (Å²) in [5, 5.41) is 5.06. The summed E-state index contributed by atoms with van der Waals surface area (Å²) in [6.45, 7) is 0. The van der Waals surface area contributed by atoms with E-state index in [0.717, 1.165) is 5.56 Å².